The maximum Gasteiger partial charge on any atom is 0.397 e. The zero-order valence-corrected chi connectivity index (χ0v) is 11.3. The molecule has 1 saturated heterocycles. The summed E-state index contributed by atoms with van der Waals surface area (Å²) >= 11 is 0. The summed E-state index contributed by atoms with van der Waals surface area (Å²) in [6.45, 7) is -1.21. The number of hydrogen-bond donors (Lipinski definition) is 6. The van der Waals surface area contributed by atoms with Gasteiger partial charge in [-0.15, -0.1) is 0 Å². The molecule has 5 atom stereocenters. The number of hydrogen-bond acceptors (Lipinski definition) is 9. The lowest BCUT2D eigenvalue weighted by Gasteiger charge is -2.38. The quantitative estimate of drug-likeness (QED) is 0.265. The standard InChI is InChI=1S/C9H19NO9S/c11-4-8(19-20(16,17)18)5(12)1-10-2-6(13)9(15)7(14)3-10/h5-9,11-15H,1-4H2,(H,16,17,18)/t5-,6-,7+,8+,9+/m1/s1. The number of β-amino-alcohol motifs (C(OH)–C–C–N with tert-alkyl or cyclic N) is 3. The van der Waals surface area contributed by atoms with Crippen LogP contribution in [0.5, 0.6) is 0 Å². The molecule has 0 saturated carbocycles. The molecular formula is C9H19NO9S. The predicted molar refractivity (Wildman–Crippen MR) is 64.0 cm³/mol. The van der Waals surface area contributed by atoms with Crippen LogP contribution in [0, 0.1) is 0 Å². The van der Waals surface area contributed by atoms with E-state index in [9.17, 15) is 28.8 Å². The number of nitrogens with zero attached hydrogens (tertiary/aromatic N) is 1. The third-order valence-corrected chi connectivity index (χ3v) is 3.47. The molecule has 20 heavy (non-hydrogen) atoms. The Labute approximate surface area is 115 Å². The Bertz CT molecular complexity index is 390. The van der Waals surface area contributed by atoms with E-state index in [0.29, 0.717) is 0 Å². The van der Waals surface area contributed by atoms with E-state index in [2.05, 4.69) is 4.18 Å². The topological polar surface area (TPSA) is 168 Å². The number of piperidine rings is 1. The minimum absolute atomic E-state index is 0.0562. The van der Waals surface area contributed by atoms with Crippen molar-refractivity contribution < 1.29 is 42.7 Å². The monoisotopic (exact) mass is 317 g/mol. The summed E-state index contributed by atoms with van der Waals surface area (Å²) < 4.78 is 33.6. The van der Waals surface area contributed by atoms with E-state index in [4.69, 9.17) is 9.66 Å². The van der Waals surface area contributed by atoms with Crippen molar-refractivity contribution in [2.45, 2.75) is 30.5 Å². The minimum Gasteiger partial charge on any atom is -0.394 e. The Balaban J connectivity index is 2.58. The van der Waals surface area contributed by atoms with E-state index in [1.54, 1.807) is 0 Å². The van der Waals surface area contributed by atoms with Crippen molar-refractivity contribution in [3.63, 3.8) is 0 Å². The van der Waals surface area contributed by atoms with E-state index in [1.165, 1.54) is 4.90 Å². The second-order valence-corrected chi connectivity index (χ2v) is 5.70. The van der Waals surface area contributed by atoms with Crippen molar-refractivity contribution in [3.05, 3.63) is 0 Å². The molecule has 1 rings (SSSR count). The van der Waals surface area contributed by atoms with E-state index < -0.39 is 47.5 Å². The van der Waals surface area contributed by atoms with Crippen LogP contribution in [0.2, 0.25) is 0 Å². The molecule has 0 bridgehead atoms. The minimum atomic E-state index is -4.83. The summed E-state index contributed by atoms with van der Waals surface area (Å²) in [5.41, 5.74) is 0. The molecule has 120 valence electrons. The van der Waals surface area contributed by atoms with Gasteiger partial charge in [0, 0.05) is 19.6 Å². The van der Waals surface area contributed by atoms with Crippen LogP contribution in [0.4, 0.5) is 0 Å². The first-order valence-corrected chi connectivity index (χ1v) is 7.21. The largest absolute Gasteiger partial charge is 0.397 e. The van der Waals surface area contributed by atoms with Crippen LogP contribution in [0.25, 0.3) is 0 Å². The maximum absolute atomic E-state index is 10.5. The number of rotatable bonds is 6. The molecule has 0 aliphatic carbocycles. The molecule has 11 heteroatoms. The van der Waals surface area contributed by atoms with Crippen LogP contribution >= 0.6 is 0 Å². The van der Waals surface area contributed by atoms with Crippen LogP contribution in [0.15, 0.2) is 0 Å². The second-order valence-electron chi connectivity index (χ2n) is 4.66. The highest BCUT2D eigenvalue weighted by molar-refractivity contribution is 7.80. The maximum atomic E-state index is 10.5. The van der Waals surface area contributed by atoms with Crippen LogP contribution < -0.4 is 0 Å². The molecule has 6 N–H and O–H groups in total. The van der Waals surface area contributed by atoms with Gasteiger partial charge in [-0.3, -0.25) is 9.45 Å². The van der Waals surface area contributed by atoms with Gasteiger partial charge in [-0.1, -0.05) is 0 Å². The average molecular weight is 317 g/mol. The van der Waals surface area contributed by atoms with Gasteiger partial charge in [0.1, 0.15) is 12.2 Å². The predicted octanol–water partition coefficient (Wildman–Crippen LogP) is -4.07. The number of aliphatic hydroxyl groups is 5. The summed E-state index contributed by atoms with van der Waals surface area (Å²) in [7, 11) is -4.83. The van der Waals surface area contributed by atoms with Gasteiger partial charge in [-0.2, -0.15) is 8.42 Å². The Kier molecular flexibility index (Phi) is 6.25. The lowest BCUT2D eigenvalue weighted by molar-refractivity contribution is -0.119. The first-order chi connectivity index (χ1) is 9.14. The Morgan fingerprint density at radius 1 is 1.20 bits per heavy atom. The van der Waals surface area contributed by atoms with Crippen LogP contribution in [-0.4, -0.2) is 100 Å². The normalized spacial score (nSPS) is 32.0. The van der Waals surface area contributed by atoms with E-state index in [1.807, 2.05) is 0 Å². The molecular weight excluding hydrogens is 298 g/mol. The van der Waals surface area contributed by atoms with Gasteiger partial charge in [0.05, 0.1) is 24.9 Å². The molecule has 10 nitrogen and oxygen atoms in total. The van der Waals surface area contributed by atoms with Gasteiger partial charge in [-0.05, 0) is 0 Å². The first kappa shape index (κ1) is 17.7. The third-order valence-electron chi connectivity index (χ3n) is 2.98. The zero-order chi connectivity index (χ0) is 15.5. The number of likely N-dealkylation sites (tertiary alicyclic amines) is 1. The fourth-order valence-electron chi connectivity index (χ4n) is 1.98. The summed E-state index contributed by atoms with van der Waals surface area (Å²) in [5, 5.41) is 46.9. The Morgan fingerprint density at radius 2 is 1.70 bits per heavy atom. The van der Waals surface area contributed by atoms with Gasteiger partial charge in [0.2, 0.25) is 0 Å². The second kappa shape index (κ2) is 7.06. The molecule has 1 aliphatic heterocycles. The van der Waals surface area contributed by atoms with Crippen molar-refractivity contribution in [2.24, 2.45) is 0 Å². The summed E-state index contributed by atoms with van der Waals surface area (Å²) in [5.74, 6) is 0. The van der Waals surface area contributed by atoms with Gasteiger partial charge < -0.3 is 25.5 Å². The van der Waals surface area contributed by atoms with Crippen molar-refractivity contribution in [1.29, 1.82) is 0 Å². The average Bonchev–Trinajstić information content (AvgIpc) is 2.31. The molecule has 0 aromatic rings. The lowest BCUT2D eigenvalue weighted by atomic mass is 10.0. The smallest absolute Gasteiger partial charge is 0.394 e. The highest BCUT2D eigenvalue weighted by Gasteiger charge is 2.35. The summed E-state index contributed by atoms with van der Waals surface area (Å²) in [6.07, 6.45) is -6.81. The molecule has 0 aromatic carbocycles. The van der Waals surface area contributed by atoms with Gasteiger partial charge in [0.25, 0.3) is 0 Å². The summed E-state index contributed by atoms with van der Waals surface area (Å²) in [6, 6.07) is 0. The third kappa shape index (κ3) is 5.20. The van der Waals surface area contributed by atoms with Gasteiger partial charge in [-0.25, -0.2) is 4.18 Å². The molecule has 0 aromatic heterocycles. The molecule has 1 fully saturated rings. The molecule has 1 heterocycles. The highest BCUT2D eigenvalue weighted by Crippen LogP contribution is 2.14. The van der Waals surface area contributed by atoms with Crippen molar-refractivity contribution in [1.82, 2.24) is 4.90 Å². The molecule has 0 unspecified atom stereocenters. The highest BCUT2D eigenvalue weighted by atomic mass is 32.3. The Morgan fingerprint density at radius 3 is 2.10 bits per heavy atom. The fraction of sp³-hybridized carbons (Fsp3) is 1.00. The van der Waals surface area contributed by atoms with Crippen molar-refractivity contribution in [3.8, 4) is 0 Å². The zero-order valence-electron chi connectivity index (χ0n) is 10.5. The van der Waals surface area contributed by atoms with Gasteiger partial charge in [0.15, 0.2) is 0 Å². The Hall–Kier alpha value is -0.370. The van der Waals surface area contributed by atoms with E-state index >= 15 is 0 Å². The van der Waals surface area contributed by atoms with Crippen LogP contribution in [0.3, 0.4) is 0 Å². The van der Waals surface area contributed by atoms with Gasteiger partial charge >= 0.3 is 10.4 Å². The lowest BCUT2D eigenvalue weighted by Crippen LogP contribution is -2.57. The van der Waals surface area contributed by atoms with Crippen LogP contribution in [0.1, 0.15) is 0 Å². The number of aliphatic hydroxyl groups excluding tert-OH is 5. The molecule has 1 aliphatic rings. The van der Waals surface area contributed by atoms with E-state index in [0.717, 1.165) is 0 Å². The molecule has 0 spiro atoms. The van der Waals surface area contributed by atoms with Crippen molar-refractivity contribution >= 4 is 10.4 Å². The molecule has 0 amide bonds. The first-order valence-electron chi connectivity index (χ1n) is 5.85. The SMILES string of the molecule is O=S(=O)(O)O[C@@H](CO)[C@H](O)CN1C[C@@H](O)[C@H](O)[C@@H](O)C1. The van der Waals surface area contributed by atoms with Crippen LogP contribution in [-0.2, 0) is 14.6 Å². The summed E-state index contributed by atoms with van der Waals surface area (Å²) in [4.78, 5) is 1.36. The molecule has 0 radical (unpaired) electrons. The van der Waals surface area contributed by atoms with E-state index in [-0.39, 0.29) is 19.6 Å². The fourth-order valence-corrected chi connectivity index (χ4v) is 2.48. The van der Waals surface area contributed by atoms with Crippen molar-refractivity contribution in [2.75, 3.05) is 26.2 Å².